The molecule has 23 heavy (non-hydrogen) atoms. The topological polar surface area (TPSA) is 58.8 Å². The summed E-state index contributed by atoms with van der Waals surface area (Å²) in [6.45, 7) is 5.11. The predicted molar refractivity (Wildman–Crippen MR) is 99.8 cm³/mol. The molecule has 2 aliphatic heterocycles. The molecule has 2 aliphatic rings. The van der Waals surface area contributed by atoms with Gasteiger partial charge in [0.2, 0.25) is 0 Å². The number of ether oxygens (including phenoxy) is 1. The fraction of sp³-hybridized carbons (Fsp3) is 0.533. The summed E-state index contributed by atoms with van der Waals surface area (Å²) < 4.78 is 6.28. The van der Waals surface area contributed by atoms with E-state index >= 15 is 0 Å². The molecule has 2 fully saturated rings. The van der Waals surface area contributed by atoms with E-state index in [0.717, 1.165) is 50.3 Å². The van der Waals surface area contributed by atoms with Crippen molar-refractivity contribution in [2.45, 2.75) is 12.5 Å². The van der Waals surface area contributed by atoms with Crippen molar-refractivity contribution in [3.8, 4) is 0 Å². The first kappa shape index (κ1) is 20.5. The van der Waals surface area contributed by atoms with Crippen molar-refractivity contribution in [2.24, 2.45) is 0 Å². The summed E-state index contributed by atoms with van der Waals surface area (Å²) in [6.07, 6.45) is 1.03. The molecule has 1 aromatic carbocycles. The lowest BCUT2D eigenvalue weighted by Gasteiger charge is -2.32. The van der Waals surface area contributed by atoms with Crippen LogP contribution in [-0.2, 0) is 4.74 Å². The van der Waals surface area contributed by atoms with E-state index in [2.05, 4.69) is 20.8 Å². The van der Waals surface area contributed by atoms with E-state index in [1.54, 1.807) is 12.1 Å². The van der Waals surface area contributed by atoms with Gasteiger partial charge in [0.15, 0.2) is 0 Å². The molecule has 0 saturated carbocycles. The smallest absolute Gasteiger partial charge is 0.255 e. The van der Waals surface area contributed by atoms with Gasteiger partial charge in [-0.25, -0.2) is 0 Å². The van der Waals surface area contributed by atoms with Crippen molar-refractivity contribution in [3.05, 3.63) is 28.2 Å². The van der Waals surface area contributed by atoms with Crippen LogP contribution in [0.15, 0.2) is 22.7 Å². The van der Waals surface area contributed by atoms with Crippen LogP contribution in [0, 0.1) is 0 Å². The van der Waals surface area contributed by atoms with Gasteiger partial charge < -0.3 is 15.4 Å². The molecule has 5 nitrogen and oxygen atoms in total. The van der Waals surface area contributed by atoms with Crippen LogP contribution in [0.3, 0.4) is 0 Å². The lowest BCUT2D eigenvalue weighted by molar-refractivity contribution is 0.0185. The summed E-state index contributed by atoms with van der Waals surface area (Å²) in [7, 11) is 0. The number of likely N-dealkylation sites (tertiary alicyclic amines) is 1. The Hall–Kier alpha value is -0.530. The van der Waals surface area contributed by atoms with Gasteiger partial charge in [-0.05, 0) is 24.6 Å². The number of nitrogen functional groups attached to an aromatic ring is 1. The summed E-state index contributed by atoms with van der Waals surface area (Å²) in [4.78, 5) is 16.9. The van der Waals surface area contributed by atoms with Crippen molar-refractivity contribution in [3.63, 3.8) is 0 Å². The Bertz CT molecular complexity index is 541. The molecule has 2 N–H and O–H groups in total. The molecule has 0 radical (unpaired) electrons. The number of carbonyl (C=O) groups is 1. The fourth-order valence-corrected chi connectivity index (χ4v) is 3.44. The lowest BCUT2D eigenvalue weighted by atomic mass is 10.1. The van der Waals surface area contributed by atoms with Crippen molar-refractivity contribution in [1.82, 2.24) is 9.80 Å². The van der Waals surface area contributed by atoms with Crippen molar-refractivity contribution >= 4 is 52.3 Å². The lowest BCUT2D eigenvalue weighted by Crippen LogP contribution is -2.45. The molecule has 0 aliphatic carbocycles. The molecule has 3 rings (SSSR count). The van der Waals surface area contributed by atoms with Crippen LogP contribution < -0.4 is 5.73 Å². The zero-order valence-electron chi connectivity index (χ0n) is 12.7. The molecule has 2 saturated heterocycles. The van der Waals surface area contributed by atoms with Gasteiger partial charge >= 0.3 is 0 Å². The number of hydrogen-bond donors (Lipinski definition) is 1. The maximum Gasteiger partial charge on any atom is 0.255 e. The maximum absolute atomic E-state index is 12.6. The second-order valence-electron chi connectivity index (χ2n) is 5.57. The number of amides is 1. The molecular weight excluding hydrogens is 405 g/mol. The van der Waals surface area contributed by atoms with Crippen molar-refractivity contribution in [1.29, 1.82) is 0 Å². The third-order valence-corrected chi connectivity index (χ3v) is 4.75. The number of rotatable bonds is 2. The molecule has 1 atom stereocenters. The third kappa shape index (κ3) is 4.73. The quantitative estimate of drug-likeness (QED) is 0.737. The Kier molecular flexibility index (Phi) is 8.10. The minimum atomic E-state index is 0. The second-order valence-corrected chi connectivity index (χ2v) is 6.49. The zero-order chi connectivity index (χ0) is 14.8. The molecule has 1 amide bonds. The van der Waals surface area contributed by atoms with Gasteiger partial charge in [0, 0.05) is 42.4 Å². The molecule has 0 bridgehead atoms. The summed E-state index contributed by atoms with van der Waals surface area (Å²) in [5.41, 5.74) is 7.09. The number of carbonyl (C=O) groups excluding carboxylic acids is 1. The molecule has 8 heteroatoms. The molecule has 130 valence electrons. The monoisotopic (exact) mass is 425 g/mol. The number of hydrogen-bond acceptors (Lipinski definition) is 4. The number of morpholine rings is 1. The minimum Gasteiger partial charge on any atom is -0.398 e. The summed E-state index contributed by atoms with van der Waals surface area (Å²) in [5, 5.41) is 0. The van der Waals surface area contributed by atoms with Gasteiger partial charge in [-0.15, -0.1) is 24.8 Å². The van der Waals surface area contributed by atoms with Gasteiger partial charge in [0.05, 0.1) is 18.8 Å². The van der Waals surface area contributed by atoms with Gasteiger partial charge in [-0.1, -0.05) is 15.9 Å². The average molecular weight is 427 g/mol. The zero-order valence-corrected chi connectivity index (χ0v) is 16.0. The average Bonchev–Trinajstić information content (AvgIpc) is 2.97. The third-order valence-electron chi connectivity index (χ3n) is 4.26. The highest BCUT2D eigenvalue weighted by molar-refractivity contribution is 9.10. The molecular formula is C15H22BrCl2N3O2. The number of nitrogens with two attached hydrogens (primary N) is 1. The van der Waals surface area contributed by atoms with Crippen LogP contribution in [0.1, 0.15) is 16.8 Å². The molecule has 2 heterocycles. The second kappa shape index (κ2) is 9.08. The largest absolute Gasteiger partial charge is 0.398 e. The highest BCUT2D eigenvalue weighted by atomic mass is 79.9. The van der Waals surface area contributed by atoms with Crippen LogP contribution in [0.25, 0.3) is 0 Å². The Morgan fingerprint density at radius 1 is 1.22 bits per heavy atom. The number of nitrogens with zero attached hydrogens (tertiary/aromatic N) is 2. The standard InChI is InChI=1S/C15H20BrN3O2.2ClH/c16-11-1-2-13(14(17)9-11)15(20)19-4-3-12(10-19)18-5-7-21-8-6-18;;/h1-2,9,12H,3-8,10,17H2;2*1H. The fourth-order valence-electron chi connectivity index (χ4n) is 3.07. The van der Waals surface area contributed by atoms with Gasteiger partial charge in [-0.3, -0.25) is 9.69 Å². The normalized spacial score (nSPS) is 21.4. The molecule has 0 aromatic heterocycles. The van der Waals surface area contributed by atoms with E-state index in [-0.39, 0.29) is 30.7 Å². The van der Waals surface area contributed by atoms with E-state index in [4.69, 9.17) is 10.5 Å². The van der Waals surface area contributed by atoms with Crippen molar-refractivity contribution in [2.75, 3.05) is 45.1 Å². The Labute approximate surface area is 157 Å². The number of anilines is 1. The van der Waals surface area contributed by atoms with Gasteiger partial charge in [0.1, 0.15) is 0 Å². The van der Waals surface area contributed by atoms with Gasteiger partial charge in [-0.2, -0.15) is 0 Å². The van der Waals surface area contributed by atoms with Crippen LogP contribution in [0.2, 0.25) is 0 Å². The predicted octanol–water partition coefficient (Wildman–Crippen LogP) is 2.42. The Morgan fingerprint density at radius 2 is 1.91 bits per heavy atom. The first-order chi connectivity index (χ1) is 10.1. The van der Waals surface area contributed by atoms with Crippen LogP contribution >= 0.6 is 40.7 Å². The van der Waals surface area contributed by atoms with Crippen LogP contribution in [0.5, 0.6) is 0 Å². The number of halogens is 3. The summed E-state index contributed by atoms with van der Waals surface area (Å²) in [6, 6.07) is 5.89. The van der Waals surface area contributed by atoms with E-state index < -0.39 is 0 Å². The van der Waals surface area contributed by atoms with Crippen LogP contribution in [0.4, 0.5) is 5.69 Å². The highest BCUT2D eigenvalue weighted by Gasteiger charge is 2.32. The summed E-state index contributed by atoms with van der Waals surface area (Å²) in [5.74, 6) is 0.0377. The molecule has 1 aromatic rings. The summed E-state index contributed by atoms with van der Waals surface area (Å²) >= 11 is 3.37. The SMILES string of the molecule is Cl.Cl.Nc1cc(Br)ccc1C(=O)N1CCC(N2CCOCC2)C1. The van der Waals surface area contributed by atoms with E-state index in [1.165, 1.54) is 0 Å². The Morgan fingerprint density at radius 3 is 2.57 bits per heavy atom. The van der Waals surface area contributed by atoms with E-state index in [0.29, 0.717) is 17.3 Å². The van der Waals surface area contributed by atoms with Crippen molar-refractivity contribution < 1.29 is 9.53 Å². The minimum absolute atomic E-state index is 0. The maximum atomic E-state index is 12.6. The van der Waals surface area contributed by atoms with E-state index in [9.17, 15) is 4.79 Å². The van der Waals surface area contributed by atoms with Gasteiger partial charge in [0.25, 0.3) is 5.91 Å². The van der Waals surface area contributed by atoms with Crippen LogP contribution in [-0.4, -0.2) is 61.1 Å². The first-order valence-corrected chi connectivity index (χ1v) is 8.10. The first-order valence-electron chi connectivity index (χ1n) is 7.31. The molecule has 1 unspecified atom stereocenters. The number of benzene rings is 1. The highest BCUT2D eigenvalue weighted by Crippen LogP contribution is 2.23. The van der Waals surface area contributed by atoms with E-state index in [1.807, 2.05) is 11.0 Å². The Balaban J connectivity index is 0.00000132. The molecule has 0 spiro atoms.